The molecular weight excluding hydrogens is 372 g/mol. The van der Waals surface area contributed by atoms with Crippen molar-refractivity contribution in [2.24, 2.45) is 0 Å². The van der Waals surface area contributed by atoms with Gasteiger partial charge in [-0.1, -0.05) is 30.3 Å². The zero-order valence-corrected chi connectivity index (χ0v) is 15.5. The maximum Gasteiger partial charge on any atom is 0.265 e. The average Bonchev–Trinajstić information content (AvgIpc) is 2.77. The van der Waals surface area contributed by atoms with Gasteiger partial charge in [-0.15, -0.1) is 0 Å². The Labute approximate surface area is 166 Å². The number of hydrogen-bond acceptors (Lipinski definition) is 6. The van der Waals surface area contributed by atoms with Crippen LogP contribution in [0.5, 0.6) is 0 Å². The van der Waals surface area contributed by atoms with E-state index >= 15 is 0 Å². The number of rotatable bonds is 6. The van der Waals surface area contributed by atoms with Gasteiger partial charge in [-0.2, -0.15) is 0 Å². The Bertz CT molecular complexity index is 1060. The number of nitrogens with one attached hydrogen (secondary N) is 1. The lowest BCUT2D eigenvalue weighted by atomic mass is 9.91. The van der Waals surface area contributed by atoms with Crippen LogP contribution in [0.15, 0.2) is 60.7 Å². The molecule has 148 valence electrons. The molecule has 0 fully saturated rings. The molecule has 0 radical (unpaired) electrons. The topological polar surface area (TPSA) is 110 Å². The van der Waals surface area contributed by atoms with E-state index in [0.29, 0.717) is 33.3 Å². The van der Waals surface area contributed by atoms with Crippen molar-refractivity contribution in [3.8, 4) is 0 Å². The van der Waals surface area contributed by atoms with Crippen molar-refractivity contribution in [3.05, 3.63) is 71.8 Å². The fourth-order valence-corrected chi connectivity index (χ4v) is 3.57. The van der Waals surface area contributed by atoms with Crippen LogP contribution in [0.1, 0.15) is 20.7 Å². The molecule has 0 aliphatic carbocycles. The summed E-state index contributed by atoms with van der Waals surface area (Å²) in [4.78, 5) is 27.4. The quantitative estimate of drug-likeness (QED) is 0.476. The predicted octanol–water partition coefficient (Wildman–Crippen LogP) is 1.77. The third kappa shape index (κ3) is 2.96. The molecule has 0 unspecified atom stereocenters. The van der Waals surface area contributed by atoms with Crippen LogP contribution in [0.4, 0.5) is 11.4 Å². The van der Waals surface area contributed by atoms with E-state index in [4.69, 9.17) is 0 Å². The van der Waals surface area contributed by atoms with Crippen molar-refractivity contribution in [2.75, 3.05) is 30.0 Å². The molecule has 3 aromatic carbocycles. The first kappa shape index (κ1) is 19.1. The molecule has 0 atom stereocenters. The molecule has 0 bridgehead atoms. The summed E-state index contributed by atoms with van der Waals surface area (Å²) in [7, 11) is 0. The van der Waals surface area contributed by atoms with Gasteiger partial charge in [0.15, 0.2) is 0 Å². The van der Waals surface area contributed by atoms with Crippen LogP contribution >= 0.6 is 0 Å². The van der Waals surface area contributed by atoms with Crippen molar-refractivity contribution in [1.82, 2.24) is 0 Å². The third-order valence-corrected chi connectivity index (χ3v) is 5.23. The van der Waals surface area contributed by atoms with E-state index in [-0.39, 0.29) is 0 Å². The number of aliphatic hydroxyl groups is 3. The Morgan fingerprint density at radius 2 is 1.38 bits per heavy atom. The largest absolute Gasteiger partial charge is 0.394 e. The number of benzene rings is 3. The maximum absolute atomic E-state index is 13.1. The van der Waals surface area contributed by atoms with Crippen molar-refractivity contribution in [2.45, 2.75) is 5.54 Å². The number of carbonyl (C=O) groups excluding carboxylic acids is 2. The molecule has 0 saturated heterocycles. The minimum absolute atomic E-state index is 0.382. The average molecular weight is 392 g/mol. The van der Waals surface area contributed by atoms with Crippen LogP contribution in [-0.4, -0.2) is 52.5 Å². The van der Waals surface area contributed by atoms with Crippen LogP contribution in [0.25, 0.3) is 10.8 Å². The van der Waals surface area contributed by atoms with Gasteiger partial charge < -0.3 is 20.6 Å². The Balaban J connectivity index is 1.88. The van der Waals surface area contributed by atoms with E-state index in [0.717, 1.165) is 4.90 Å². The van der Waals surface area contributed by atoms with Crippen LogP contribution in [0.3, 0.4) is 0 Å². The normalized spacial score (nSPS) is 13.8. The molecule has 0 spiro atoms. The van der Waals surface area contributed by atoms with Crippen molar-refractivity contribution < 1.29 is 24.9 Å². The molecule has 0 aromatic heterocycles. The molecule has 1 aliphatic heterocycles. The van der Waals surface area contributed by atoms with Gasteiger partial charge in [-0.3, -0.25) is 9.59 Å². The first-order valence-corrected chi connectivity index (χ1v) is 9.15. The summed E-state index contributed by atoms with van der Waals surface area (Å²) in [6.07, 6.45) is 0. The Morgan fingerprint density at radius 3 is 2.00 bits per heavy atom. The summed E-state index contributed by atoms with van der Waals surface area (Å²) < 4.78 is 0. The molecule has 4 rings (SSSR count). The number of carbonyl (C=O) groups is 2. The summed E-state index contributed by atoms with van der Waals surface area (Å²) in [5.74, 6) is -0.844. The number of anilines is 2. The highest BCUT2D eigenvalue weighted by Crippen LogP contribution is 2.36. The molecule has 1 aliphatic rings. The second-order valence-electron chi connectivity index (χ2n) is 7.05. The van der Waals surface area contributed by atoms with Crippen LogP contribution < -0.4 is 10.2 Å². The van der Waals surface area contributed by atoms with Crippen molar-refractivity contribution in [1.29, 1.82) is 0 Å². The van der Waals surface area contributed by atoms with Crippen LogP contribution in [-0.2, 0) is 0 Å². The van der Waals surface area contributed by atoms with E-state index in [1.165, 1.54) is 0 Å². The highest BCUT2D eigenvalue weighted by molar-refractivity contribution is 6.36. The molecule has 3 aromatic rings. The van der Waals surface area contributed by atoms with E-state index in [9.17, 15) is 24.9 Å². The Kier molecular flexibility index (Phi) is 4.79. The minimum atomic E-state index is -1.33. The summed E-state index contributed by atoms with van der Waals surface area (Å²) in [6, 6.07) is 17.1. The fourth-order valence-electron chi connectivity index (χ4n) is 3.57. The molecule has 7 nitrogen and oxygen atoms in total. The zero-order valence-electron chi connectivity index (χ0n) is 15.5. The Morgan fingerprint density at radius 1 is 0.759 bits per heavy atom. The van der Waals surface area contributed by atoms with Gasteiger partial charge in [-0.25, -0.2) is 4.90 Å². The second-order valence-corrected chi connectivity index (χ2v) is 7.05. The van der Waals surface area contributed by atoms with Gasteiger partial charge in [0, 0.05) is 27.6 Å². The third-order valence-electron chi connectivity index (χ3n) is 5.23. The van der Waals surface area contributed by atoms with Gasteiger partial charge in [0.2, 0.25) is 0 Å². The van der Waals surface area contributed by atoms with Crippen molar-refractivity contribution in [3.63, 3.8) is 0 Å². The smallest absolute Gasteiger partial charge is 0.265 e. The second kappa shape index (κ2) is 7.29. The summed E-state index contributed by atoms with van der Waals surface area (Å²) in [5.41, 5.74) is 0.418. The first-order chi connectivity index (χ1) is 14.0. The molecular formula is C22H20N2O5. The Hall–Kier alpha value is -3.26. The van der Waals surface area contributed by atoms with E-state index < -0.39 is 37.2 Å². The highest BCUT2D eigenvalue weighted by Gasteiger charge is 2.35. The minimum Gasteiger partial charge on any atom is -0.394 e. The van der Waals surface area contributed by atoms with Gasteiger partial charge in [-0.05, 0) is 30.3 Å². The lowest BCUT2D eigenvalue weighted by Crippen LogP contribution is -2.49. The van der Waals surface area contributed by atoms with Gasteiger partial charge in [0.1, 0.15) is 5.54 Å². The van der Waals surface area contributed by atoms with Crippen molar-refractivity contribution >= 4 is 34.0 Å². The number of nitrogens with zero attached hydrogens (tertiary/aromatic N) is 1. The summed E-state index contributed by atoms with van der Waals surface area (Å²) in [6.45, 7) is -1.49. The fraction of sp³-hybridized carbons (Fsp3) is 0.182. The molecule has 2 amide bonds. The lowest BCUT2D eigenvalue weighted by Gasteiger charge is -2.32. The standard InChI is InChI=1S/C22H20N2O5/c25-11-22(12-26,13-27)23-18-10-9-17-19-15(18)7-4-8-16(19)20(28)24(21(17)29)14-5-2-1-3-6-14/h1-10,23,25-27H,11-13H2. The van der Waals surface area contributed by atoms with Gasteiger partial charge >= 0.3 is 0 Å². The lowest BCUT2D eigenvalue weighted by molar-refractivity contribution is 0.0833. The molecule has 1 heterocycles. The number of hydrogen-bond donors (Lipinski definition) is 4. The van der Waals surface area contributed by atoms with E-state index in [2.05, 4.69) is 5.32 Å². The van der Waals surface area contributed by atoms with Gasteiger partial charge in [0.05, 0.1) is 25.5 Å². The van der Waals surface area contributed by atoms with Crippen LogP contribution in [0.2, 0.25) is 0 Å². The number of amides is 2. The van der Waals surface area contributed by atoms with E-state index in [1.807, 2.05) is 6.07 Å². The van der Waals surface area contributed by atoms with Crippen LogP contribution in [0, 0.1) is 0 Å². The summed E-state index contributed by atoms with van der Waals surface area (Å²) in [5, 5.41) is 32.9. The predicted molar refractivity (Wildman–Crippen MR) is 109 cm³/mol. The van der Waals surface area contributed by atoms with E-state index in [1.54, 1.807) is 54.6 Å². The molecule has 0 saturated carbocycles. The molecule has 4 N–H and O–H groups in total. The maximum atomic E-state index is 13.1. The number of para-hydroxylation sites is 1. The van der Waals surface area contributed by atoms with Gasteiger partial charge in [0.25, 0.3) is 11.8 Å². The zero-order chi connectivity index (χ0) is 20.6. The first-order valence-electron chi connectivity index (χ1n) is 9.15. The summed E-state index contributed by atoms with van der Waals surface area (Å²) >= 11 is 0. The molecule has 7 heteroatoms. The SMILES string of the molecule is O=C1c2cccc3c(NC(CO)(CO)CO)ccc(c23)C(=O)N1c1ccccc1. The highest BCUT2D eigenvalue weighted by atomic mass is 16.3. The monoisotopic (exact) mass is 392 g/mol. The number of imide groups is 1. The molecule has 29 heavy (non-hydrogen) atoms. The number of aliphatic hydroxyl groups excluding tert-OH is 3.